The molecule has 0 aliphatic rings. The lowest BCUT2D eigenvalue weighted by Gasteiger charge is -2.11. The predicted molar refractivity (Wildman–Crippen MR) is 159 cm³/mol. The molecule has 8 nitrogen and oxygen atoms in total. The molecule has 5 aromatic rings. The fourth-order valence-corrected chi connectivity index (χ4v) is 5.15. The predicted octanol–water partition coefficient (Wildman–Crippen LogP) is 6.28. The fraction of sp³-hybridized carbons (Fsp3) is 0. The van der Waals surface area contributed by atoms with Crippen molar-refractivity contribution in [2.45, 2.75) is 4.90 Å². The molecule has 0 saturated carbocycles. The van der Waals surface area contributed by atoms with E-state index in [0.29, 0.717) is 16.1 Å². The normalized spacial score (nSPS) is 11.3. The third kappa shape index (κ3) is 6.60. The van der Waals surface area contributed by atoms with E-state index >= 15 is 0 Å². The van der Waals surface area contributed by atoms with Gasteiger partial charge >= 0.3 is 5.97 Å². The zero-order valence-electron chi connectivity index (χ0n) is 21.3. The van der Waals surface area contributed by atoms with E-state index in [1.165, 1.54) is 54.7 Å². The second kappa shape index (κ2) is 12.0. The quantitative estimate of drug-likeness (QED) is 0.0966. The number of anilines is 1. The fourth-order valence-electron chi connectivity index (χ4n) is 3.97. The number of hydrazone groups is 1. The second-order valence-corrected chi connectivity index (χ2v) is 10.9. The van der Waals surface area contributed by atoms with Gasteiger partial charge in [0.05, 0.1) is 16.7 Å². The first-order valence-corrected chi connectivity index (χ1v) is 14.2. The molecule has 0 aromatic heterocycles. The van der Waals surface area contributed by atoms with Crippen molar-refractivity contribution in [3.05, 3.63) is 137 Å². The van der Waals surface area contributed by atoms with Crippen LogP contribution in [0.5, 0.6) is 5.75 Å². The Hall–Kier alpha value is -4.99. The van der Waals surface area contributed by atoms with Gasteiger partial charge in [-0.2, -0.15) is 5.10 Å². The highest BCUT2D eigenvalue weighted by molar-refractivity contribution is 7.92. The molecule has 0 unspecified atom stereocenters. The lowest BCUT2D eigenvalue weighted by atomic mass is 10.0. The molecular weight excluding hydrogens is 562 g/mol. The summed E-state index contributed by atoms with van der Waals surface area (Å²) in [5, 5.41) is 6.20. The van der Waals surface area contributed by atoms with Crippen molar-refractivity contribution in [2.24, 2.45) is 5.10 Å². The summed E-state index contributed by atoms with van der Waals surface area (Å²) in [6.45, 7) is 0. The van der Waals surface area contributed by atoms with Crippen LogP contribution in [-0.4, -0.2) is 26.5 Å². The summed E-state index contributed by atoms with van der Waals surface area (Å²) in [5.74, 6) is -0.754. The Labute approximate surface area is 241 Å². The molecule has 0 radical (unpaired) electrons. The summed E-state index contributed by atoms with van der Waals surface area (Å²) < 4.78 is 33.3. The highest BCUT2D eigenvalue weighted by Crippen LogP contribution is 2.27. The van der Waals surface area contributed by atoms with Gasteiger partial charge in [0, 0.05) is 21.8 Å². The van der Waals surface area contributed by atoms with Gasteiger partial charge in [-0.3, -0.25) is 9.52 Å². The molecule has 2 N–H and O–H groups in total. The van der Waals surface area contributed by atoms with E-state index in [0.717, 1.165) is 10.8 Å². The minimum absolute atomic E-state index is 0.0558. The van der Waals surface area contributed by atoms with Crippen LogP contribution in [-0.2, 0) is 10.0 Å². The number of rotatable bonds is 8. The number of halogens is 1. The maximum atomic E-state index is 12.7. The number of carbonyl (C=O) groups is 2. The maximum Gasteiger partial charge on any atom is 0.343 e. The number of nitrogens with one attached hydrogen (secondary N) is 2. The number of benzene rings is 5. The number of amides is 1. The molecule has 10 heteroatoms. The molecule has 0 spiro atoms. The first kappa shape index (κ1) is 27.6. The average Bonchev–Trinajstić information content (AvgIpc) is 2.98. The minimum Gasteiger partial charge on any atom is -0.422 e. The molecule has 5 rings (SSSR count). The van der Waals surface area contributed by atoms with Crippen molar-refractivity contribution in [1.82, 2.24) is 5.43 Å². The summed E-state index contributed by atoms with van der Waals surface area (Å²) in [7, 11) is -3.83. The van der Waals surface area contributed by atoms with E-state index in [-0.39, 0.29) is 21.9 Å². The van der Waals surface area contributed by atoms with Crippen molar-refractivity contribution in [3.63, 3.8) is 0 Å². The maximum absolute atomic E-state index is 12.7. The molecule has 41 heavy (non-hydrogen) atoms. The van der Waals surface area contributed by atoms with Crippen molar-refractivity contribution >= 4 is 56.2 Å². The van der Waals surface area contributed by atoms with E-state index in [1.807, 2.05) is 30.3 Å². The second-order valence-electron chi connectivity index (χ2n) is 8.79. The molecule has 0 saturated heterocycles. The van der Waals surface area contributed by atoms with Crippen molar-refractivity contribution in [1.29, 1.82) is 0 Å². The number of nitrogens with zero attached hydrogens (tertiary/aromatic N) is 1. The Morgan fingerprint density at radius 1 is 0.756 bits per heavy atom. The van der Waals surface area contributed by atoms with E-state index < -0.39 is 21.9 Å². The van der Waals surface area contributed by atoms with Crippen LogP contribution < -0.4 is 14.9 Å². The third-order valence-electron chi connectivity index (χ3n) is 6.03. The van der Waals surface area contributed by atoms with Gasteiger partial charge in [-0.1, -0.05) is 60.1 Å². The van der Waals surface area contributed by atoms with Gasteiger partial charge in [0.1, 0.15) is 5.75 Å². The lowest BCUT2D eigenvalue weighted by Crippen LogP contribution is -2.18. The third-order valence-corrected chi connectivity index (χ3v) is 7.67. The van der Waals surface area contributed by atoms with Gasteiger partial charge < -0.3 is 4.74 Å². The first-order chi connectivity index (χ1) is 19.8. The number of sulfonamides is 1. The van der Waals surface area contributed by atoms with E-state index in [9.17, 15) is 18.0 Å². The molecule has 0 atom stereocenters. The average molecular weight is 584 g/mol. The van der Waals surface area contributed by atoms with Gasteiger partial charge in [0.15, 0.2) is 0 Å². The molecule has 0 aliphatic carbocycles. The molecule has 204 valence electrons. The lowest BCUT2D eigenvalue weighted by molar-refractivity contribution is 0.0734. The molecule has 0 fully saturated rings. The van der Waals surface area contributed by atoms with Crippen molar-refractivity contribution in [3.8, 4) is 5.75 Å². The van der Waals surface area contributed by atoms with Crippen LogP contribution in [0.2, 0.25) is 5.02 Å². The van der Waals surface area contributed by atoms with Crippen LogP contribution in [0.3, 0.4) is 0 Å². The molecular formula is C31H22ClN3O5S. The van der Waals surface area contributed by atoms with Crippen LogP contribution in [0.15, 0.2) is 125 Å². The Morgan fingerprint density at radius 3 is 2.17 bits per heavy atom. The van der Waals surface area contributed by atoms with Crippen LogP contribution >= 0.6 is 11.6 Å². The van der Waals surface area contributed by atoms with Gasteiger partial charge in [0.25, 0.3) is 15.9 Å². The zero-order chi connectivity index (χ0) is 28.8. The molecule has 0 heterocycles. The number of carbonyl (C=O) groups excluding carboxylic acids is 2. The van der Waals surface area contributed by atoms with Gasteiger partial charge in [-0.05, 0) is 77.5 Å². The van der Waals surface area contributed by atoms with Gasteiger partial charge in [0.2, 0.25) is 0 Å². The summed E-state index contributed by atoms with van der Waals surface area (Å²) in [4.78, 5) is 25.5. The largest absolute Gasteiger partial charge is 0.422 e. The van der Waals surface area contributed by atoms with Crippen LogP contribution in [0.4, 0.5) is 5.69 Å². The number of esters is 1. The number of hydrogen-bond acceptors (Lipinski definition) is 6. The molecule has 0 bridgehead atoms. The molecule has 0 aliphatic heterocycles. The van der Waals surface area contributed by atoms with Crippen molar-refractivity contribution < 1.29 is 22.7 Å². The highest BCUT2D eigenvalue weighted by Gasteiger charge is 2.15. The molecule has 5 aromatic carbocycles. The van der Waals surface area contributed by atoms with E-state index in [2.05, 4.69) is 15.2 Å². The van der Waals surface area contributed by atoms with Gasteiger partial charge in [-0.15, -0.1) is 0 Å². The van der Waals surface area contributed by atoms with Crippen LogP contribution in [0, 0.1) is 0 Å². The number of ether oxygens (including phenoxy) is 1. The summed E-state index contributed by atoms with van der Waals surface area (Å²) >= 11 is 5.83. The smallest absolute Gasteiger partial charge is 0.343 e. The topological polar surface area (TPSA) is 114 Å². The van der Waals surface area contributed by atoms with Crippen LogP contribution in [0.25, 0.3) is 10.8 Å². The van der Waals surface area contributed by atoms with Crippen LogP contribution in [0.1, 0.15) is 26.3 Å². The van der Waals surface area contributed by atoms with Crippen molar-refractivity contribution in [2.75, 3.05) is 4.72 Å². The summed E-state index contributed by atoms with van der Waals surface area (Å²) in [5.41, 5.74) is 3.91. The Morgan fingerprint density at radius 2 is 1.44 bits per heavy atom. The highest BCUT2D eigenvalue weighted by atomic mass is 35.5. The number of hydrogen-bond donors (Lipinski definition) is 2. The SMILES string of the molecule is O=C(N/N=C\c1c(OC(=O)c2ccccc2)ccc2ccccc12)c1ccc(NS(=O)(=O)c2ccc(Cl)cc2)cc1. The standard InChI is InChI=1S/C31H22ClN3O5S/c32-24-13-17-26(18-14-24)41(38,39)35-25-15-10-22(11-16-25)30(36)34-33-20-28-27-9-5-4-6-21(27)12-19-29(28)40-31(37)23-7-2-1-3-8-23/h1-20,35H,(H,34,36)/b33-20-. The van der Waals surface area contributed by atoms with E-state index in [1.54, 1.807) is 36.4 Å². The Balaban J connectivity index is 1.31. The Bertz CT molecular complexity index is 1860. The monoisotopic (exact) mass is 583 g/mol. The molecule has 1 amide bonds. The zero-order valence-corrected chi connectivity index (χ0v) is 22.9. The Kier molecular flexibility index (Phi) is 8.09. The summed E-state index contributed by atoms with van der Waals surface area (Å²) in [6.07, 6.45) is 1.42. The number of fused-ring (bicyclic) bond motifs is 1. The first-order valence-electron chi connectivity index (χ1n) is 12.3. The van der Waals surface area contributed by atoms with Gasteiger partial charge in [-0.25, -0.2) is 18.6 Å². The minimum atomic E-state index is -3.83. The van der Waals surface area contributed by atoms with E-state index in [4.69, 9.17) is 16.3 Å². The summed E-state index contributed by atoms with van der Waals surface area (Å²) in [6, 6.07) is 31.3.